The molecule has 0 aliphatic carbocycles. The maximum Gasteiger partial charge on any atom is 0.244 e. The van der Waals surface area contributed by atoms with Gasteiger partial charge in [-0.3, -0.25) is 13.9 Å². The van der Waals surface area contributed by atoms with Gasteiger partial charge < -0.3 is 10.2 Å². The van der Waals surface area contributed by atoms with Crippen LogP contribution in [0.5, 0.6) is 0 Å². The van der Waals surface area contributed by atoms with E-state index in [0.717, 1.165) is 16.1 Å². The number of carbonyl (C=O) groups excluding carboxylic acids is 2. The molecular weight excluding hydrogens is 549 g/mol. The summed E-state index contributed by atoms with van der Waals surface area (Å²) in [5.74, 6) is -1.41. The molecule has 0 aliphatic rings. The summed E-state index contributed by atoms with van der Waals surface area (Å²) in [7, 11) is -2.38. The minimum atomic E-state index is -3.85. The summed E-state index contributed by atoms with van der Waals surface area (Å²) in [6, 6.07) is 20.5. The molecule has 0 aliphatic heterocycles. The van der Waals surface area contributed by atoms with E-state index in [9.17, 15) is 22.4 Å². The van der Waals surface area contributed by atoms with E-state index >= 15 is 0 Å². The van der Waals surface area contributed by atoms with Crippen LogP contribution in [0.15, 0.2) is 83.3 Å². The van der Waals surface area contributed by atoms with E-state index in [4.69, 9.17) is 0 Å². The molecule has 0 saturated carbocycles. The Morgan fingerprint density at radius 3 is 2.14 bits per heavy atom. The van der Waals surface area contributed by atoms with E-state index in [1.807, 2.05) is 30.3 Å². The van der Waals surface area contributed by atoms with Gasteiger partial charge in [-0.1, -0.05) is 54.6 Å². The van der Waals surface area contributed by atoms with Crippen molar-refractivity contribution in [2.24, 2.45) is 0 Å². The Balaban J connectivity index is 2.03. The molecule has 0 bridgehead atoms. The standard InChI is InChI=1S/C26H27BrFN3O4S/c1-29-26(33)24(16-19-8-4-3-5-9-19)30(17-20-12-14-21(28)15-13-20)25(32)18-31(36(2,34)35)23-11-7-6-10-22(23)27/h3-15,24H,16-18H2,1-2H3,(H,29,33)/t24-/m1/s1. The zero-order valence-corrected chi connectivity index (χ0v) is 22.3. The molecule has 0 radical (unpaired) electrons. The van der Waals surface area contributed by atoms with Gasteiger partial charge in [0.05, 0.1) is 11.9 Å². The predicted octanol–water partition coefficient (Wildman–Crippen LogP) is 3.74. The maximum absolute atomic E-state index is 13.8. The molecule has 0 unspecified atom stereocenters. The molecule has 7 nitrogen and oxygen atoms in total. The normalized spacial score (nSPS) is 12.0. The van der Waals surface area contributed by atoms with Crippen LogP contribution in [0.3, 0.4) is 0 Å². The van der Waals surface area contributed by atoms with Crippen molar-refractivity contribution in [3.8, 4) is 0 Å². The molecule has 1 N–H and O–H groups in total. The first-order chi connectivity index (χ1) is 17.1. The SMILES string of the molecule is CNC(=O)[C@@H](Cc1ccccc1)N(Cc1ccc(F)cc1)C(=O)CN(c1ccccc1Br)S(C)(=O)=O. The van der Waals surface area contributed by atoms with Gasteiger partial charge in [0.1, 0.15) is 18.4 Å². The summed E-state index contributed by atoms with van der Waals surface area (Å²) in [5, 5.41) is 2.61. The van der Waals surface area contributed by atoms with Crippen LogP contribution in [-0.2, 0) is 32.6 Å². The molecule has 0 heterocycles. The van der Waals surface area contributed by atoms with E-state index in [-0.39, 0.29) is 13.0 Å². The highest BCUT2D eigenvalue weighted by atomic mass is 79.9. The van der Waals surface area contributed by atoms with Gasteiger partial charge in [-0.25, -0.2) is 12.8 Å². The van der Waals surface area contributed by atoms with Gasteiger partial charge in [-0.2, -0.15) is 0 Å². The van der Waals surface area contributed by atoms with Crippen molar-refractivity contribution in [1.82, 2.24) is 10.2 Å². The van der Waals surface area contributed by atoms with Crippen LogP contribution >= 0.6 is 15.9 Å². The van der Waals surface area contributed by atoms with Gasteiger partial charge in [-0.05, 0) is 51.3 Å². The van der Waals surface area contributed by atoms with E-state index in [1.165, 1.54) is 36.2 Å². The van der Waals surface area contributed by atoms with Crippen molar-refractivity contribution < 1.29 is 22.4 Å². The zero-order chi connectivity index (χ0) is 26.3. The summed E-state index contributed by atoms with van der Waals surface area (Å²) in [5.41, 5.74) is 1.72. The van der Waals surface area contributed by atoms with Gasteiger partial charge in [0.2, 0.25) is 21.8 Å². The number of likely N-dealkylation sites (N-methyl/N-ethyl adjacent to an activating group) is 1. The second-order valence-corrected chi connectivity index (χ2v) is 11.0. The Morgan fingerprint density at radius 2 is 1.56 bits per heavy atom. The molecule has 10 heteroatoms. The molecule has 3 rings (SSSR count). The summed E-state index contributed by atoms with van der Waals surface area (Å²) in [6.07, 6.45) is 1.23. The third-order valence-electron chi connectivity index (χ3n) is 5.58. The van der Waals surface area contributed by atoms with Gasteiger partial charge in [0, 0.05) is 24.5 Å². The number of hydrogen-bond acceptors (Lipinski definition) is 4. The molecule has 1 atom stereocenters. The molecule has 0 aromatic heterocycles. The molecule has 2 amide bonds. The second-order valence-electron chi connectivity index (χ2n) is 8.19. The number of halogens is 2. The molecule has 36 heavy (non-hydrogen) atoms. The summed E-state index contributed by atoms with van der Waals surface area (Å²) in [4.78, 5) is 28.1. The molecule has 0 saturated heterocycles. The number of anilines is 1. The number of benzene rings is 3. The molecule has 3 aromatic carbocycles. The van der Waals surface area contributed by atoms with Crippen molar-refractivity contribution in [2.75, 3.05) is 24.2 Å². The fourth-order valence-electron chi connectivity index (χ4n) is 3.76. The Bertz CT molecular complexity index is 1300. The van der Waals surface area contributed by atoms with Gasteiger partial charge in [0.25, 0.3) is 0 Å². The Kier molecular flexibility index (Phi) is 9.22. The number of sulfonamides is 1. The average molecular weight is 576 g/mol. The largest absolute Gasteiger partial charge is 0.357 e. The van der Waals surface area contributed by atoms with Crippen molar-refractivity contribution in [3.05, 3.63) is 100 Å². The van der Waals surface area contributed by atoms with Crippen LogP contribution < -0.4 is 9.62 Å². The number of carbonyl (C=O) groups is 2. The Hall–Kier alpha value is -3.24. The Labute approximate surface area is 219 Å². The number of rotatable bonds is 10. The lowest BCUT2D eigenvalue weighted by molar-refractivity contribution is -0.139. The smallest absolute Gasteiger partial charge is 0.244 e. The first-order valence-electron chi connectivity index (χ1n) is 11.1. The predicted molar refractivity (Wildman–Crippen MR) is 141 cm³/mol. The fourth-order valence-corrected chi connectivity index (χ4v) is 5.23. The Morgan fingerprint density at radius 1 is 0.944 bits per heavy atom. The van der Waals surface area contributed by atoms with Gasteiger partial charge >= 0.3 is 0 Å². The molecule has 190 valence electrons. The average Bonchev–Trinajstić information content (AvgIpc) is 2.85. The molecular formula is C26H27BrFN3O4S. The molecule has 3 aromatic rings. The third kappa shape index (κ3) is 7.14. The number of amides is 2. The second kappa shape index (κ2) is 12.1. The van der Waals surface area contributed by atoms with Crippen molar-refractivity contribution in [3.63, 3.8) is 0 Å². The first kappa shape index (κ1) is 27.3. The number of nitrogens with zero attached hydrogens (tertiary/aromatic N) is 2. The zero-order valence-electron chi connectivity index (χ0n) is 19.9. The summed E-state index contributed by atoms with van der Waals surface area (Å²) >= 11 is 3.35. The van der Waals surface area contributed by atoms with Crippen molar-refractivity contribution in [2.45, 2.75) is 19.0 Å². The highest BCUT2D eigenvalue weighted by Gasteiger charge is 2.33. The number of para-hydroxylation sites is 1. The maximum atomic E-state index is 13.8. The quantitative estimate of drug-likeness (QED) is 0.399. The van der Waals surface area contributed by atoms with Crippen molar-refractivity contribution >= 4 is 43.5 Å². The molecule has 0 fully saturated rings. The fraction of sp³-hybridized carbons (Fsp3) is 0.231. The highest BCUT2D eigenvalue weighted by molar-refractivity contribution is 9.10. The van der Waals surface area contributed by atoms with Crippen LogP contribution in [0, 0.1) is 5.82 Å². The minimum absolute atomic E-state index is 0.0163. The highest BCUT2D eigenvalue weighted by Crippen LogP contribution is 2.28. The van der Waals surface area contributed by atoms with Crippen LogP contribution in [0.4, 0.5) is 10.1 Å². The van der Waals surface area contributed by atoms with Crippen LogP contribution in [0.25, 0.3) is 0 Å². The third-order valence-corrected chi connectivity index (χ3v) is 7.38. The monoisotopic (exact) mass is 575 g/mol. The van der Waals surface area contributed by atoms with E-state index in [1.54, 1.807) is 24.3 Å². The lowest BCUT2D eigenvalue weighted by atomic mass is 10.0. The van der Waals surface area contributed by atoms with Crippen LogP contribution in [-0.4, -0.2) is 51.0 Å². The van der Waals surface area contributed by atoms with E-state index < -0.39 is 40.2 Å². The number of hydrogen-bond donors (Lipinski definition) is 1. The van der Waals surface area contributed by atoms with Crippen LogP contribution in [0.2, 0.25) is 0 Å². The summed E-state index contributed by atoms with van der Waals surface area (Å²) in [6.45, 7) is -0.539. The van der Waals surface area contributed by atoms with Gasteiger partial charge in [-0.15, -0.1) is 0 Å². The van der Waals surface area contributed by atoms with E-state index in [0.29, 0.717) is 15.7 Å². The molecule has 0 spiro atoms. The first-order valence-corrected chi connectivity index (χ1v) is 13.8. The topological polar surface area (TPSA) is 86.8 Å². The van der Waals surface area contributed by atoms with Crippen LogP contribution in [0.1, 0.15) is 11.1 Å². The summed E-state index contributed by atoms with van der Waals surface area (Å²) < 4.78 is 40.4. The minimum Gasteiger partial charge on any atom is -0.357 e. The van der Waals surface area contributed by atoms with Gasteiger partial charge in [0.15, 0.2) is 0 Å². The number of nitrogens with one attached hydrogen (secondary N) is 1. The van der Waals surface area contributed by atoms with E-state index in [2.05, 4.69) is 21.2 Å². The van der Waals surface area contributed by atoms with Crippen molar-refractivity contribution in [1.29, 1.82) is 0 Å². The lowest BCUT2D eigenvalue weighted by Crippen LogP contribution is -2.52. The lowest BCUT2D eigenvalue weighted by Gasteiger charge is -2.33.